The summed E-state index contributed by atoms with van der Waals surface area (Å²) in [7, 11) is 0. The summed E-state index contributed by atoms with van der Waals surface area (Å²) in [5, 5.41) is 9.31. The molecule has 0 N–H and O–H groups in total. The van der Waals surface area contributed by atoms with E-state index in [2.05, 4.69) is 282 Å². The maximum Gasteiger partial charge on any atom is 0.164 e. The van der Waals surface area contributed by atoms with Crippen molar-refractivity contribution in [2.24, 2.45) is 0 Å². The molecule has 21 aromatic rings. The van der Waals surface area contributed by atoms with E-state index < -0.39 is 0 Å². The molecular formula is C97H61N7O2. The molecule has 0 amide bonds. The molecule has 0 atom stereocenters. The van der Waals surface area contributed by atoms with Gasteiger partial charge in [0, 0.05) is 87.8 Å². The minimum atomic E-state index is 0.631. The number of hydrogen-bond acceptors (Lipinski definition) is 7. The third kappa shape index (κ3) is 10.9. The summed E-state index contributed by atoms with van der Waals surface area (Å²) in [5.74, 6) is 2.58. The molecule has 0 spiro atoms. The van der Waals surface area contributed by atoms with Crippen LogP contribution in [-0.4, -0.2) is 34.1 Å². The van der Waals surface area contributed by atoms with Crippen molar-refractivity contribution in [2.75, 3.05) is 0 Å². The fourth-order valence-corrected chi connectivity index (χ4v) is 15.3. The van der Waals surface area contributed by atoms with E-state index in [9.17, 15) is 0 Å². The van der Waals surface area contributed by atoms with Crippen molar-refractivity contribution < 1.29 is 8.83 Å². The Kier molecular flexibility index (Phi) is 15.0. The van der Waals surface area contributed by atoms with E-state index in [0.717, 1.165) is 133 Å². The highest BCUT2D eigenvalue weighted by Gasteiger charge is 2.22. The van der Waals surface area contributed by atoms with E-state index in [4.69, 9.17) is 33.8 Å². The molecule has 0 saturated heterocycles. The summed E-state index contributed by atoms with van der Waals surface area (Å²) in [6, 6.07) is 129. The number of benzene rings is 15. The monoisotopic (exact) mass is 1360 g/mol. The van der Waals surface area contributed by atoms with Gasteiger partial charge >= 0.3 is 0 Å². The highest BCUT2D eigenvalue weighted by atomic mass is 16.3. The third-order valence-corrected chi connectivity index (χ3v) is 20.3. The molecule has 9 heteroatoms. The topological polar surface area (TPSA) is 101 Å². The smallest absolute Gasteiger partial charge is 0.164 e. The maximum absolute atomic E-state index is 6.58. The molecule has 496 valence electrons. The van der Waals surface area contributed by atoms with Crippen LogP contribution in [0.1, 0.15) is 0 Å². The number of fused-ring (bicyclic) bond motifs is 12. The van der Waals surface area contributed by atoms with E-state index >= 15 is 0 Å². The van der Waals surface area contributed by atoms with Crippen molar-refractivity contribution in [3.63, 3.8) is 0 Å². The number of furan rings is 2. The van der Waals surface area contributed by atoms with E-state index in [1.54, 1.807) is 0 Å². The lowest BCUT2D eigenvalue weighted by molar-refractivity contribution is 0.668. The number of hydrogen-bond donors (Lipinski definition) is 0. The summed E-state index contributed by atoms with van der Waals surface area (Å²) in [6.45, 7) is 0. The molecule has 0 aliphatic rings. The van der Waals surface area contributed by atoms with Gasteiger partial charge in [0.15, 0.2) is 23.3 Å². The van der Waals surface area contributed by atoms with Crippen LogP contribution in [0.5, 0.6) is 0 Å². The van der Waals surface area contributed by atoms with Gasteiger partial charge in [0.05, 0.1) is 33.5 Å². The van der Waals surface area contributed by atoms with Gasteiger partial charge in [-0.15, -0.1) is 0 Å². The second kappa shape index (κ2) is 25.9. The first-order valence-electron chi connectivity index (χ1n) is 35.6. The highest BCUT2D eigenvalue weighted by Crippen LogP contribution is 2.44. The molecule has 0 fully saturated rings. The highest BCUT2D eigenvalue weighted by molar-refractivity contribution is 6.17. The average molecular weight is 1360 g/mol. The van der Waals surface area contributed by atoms with Gasteiger partial charge in [-0.05, 0) is 124 Å². The molecule has 0 unspecified atom stereocenters. The standard InChI is InChI=1S/C51H32N4O.C46H29N3O/c1-4-13-34(14-5-1)49-52-50(35-15-6-2-7-16-35)54-51(53-49)36-25-23-33(24-26-36)37-27-30-43-47(32-37)56-46-22-12-20-40(48(43)46)38-28-29-42-41-19-10-11-21-44(41)55(45(42)31-38)39-17-8-3-9-18-39;1-4-13-30(14-5-1)39-29-40(31-15-6-2-7-16-31)48-46(47-39)33-24-26-38-44(28-33)50-43-22-12-20-35(45(38)43)32-23-25-37-36-19-10-11-21-41(36)49(42(37)27-32)34-17-8-3-9-18-34/h1-32H;1-29H. The molecule has 0 bridgehead atoms. The van der Waals surface area contributed by atoms with Gasteiger partial charge in [0.1, 0.15) is 22.3 Å². The summed E-state index contributed by atoms with van der Waals surface area (Å²) in [4.78, 5) is 24.8. The molecule has 0 radical (unpaired) electrons. The van der Waals surface area contributed by atoms with Crippen LogP contribution in [0.15, 0.2) is 379 Å². The Morgan fingerprint density at radius 2 is 0.519 bits per heavy atom. The van der Waals surface area contributed by atoms with Gasteiger partial charge in [-0.25, -0.2) is 24.9 Å². The van der Waals surface area contributed by atoms with Crippen molar-refractivity contribution in [3.05, 3.63) is 370 Å². The molecule has 0 aliphatic heterocycles. The summed E-state index contributed by atoms with van der Waals surface area (Å²) in [6.07, 6.45) is 0. The van der Waals surface area contributed by atoms with Crippen molar-refractivity contribution in [3.8, 4) is 113 Å². The lowest BCUT2D eigenvalue weighted by Crippen LogP contribution is -2.00. The first-order valence-corrected chi connectivity index (χ1v) is 35.6. The number of nitrogens with zero attached hydrogens (tertiary/aromatic N) is 7. The first-order chi connectivity index (χ1) is 52.5. The second-order valence-electron chi connectivity index (χ2n) is 26.6. The Balaban J connectivity index is 0.000000141. The zero-order chi connectivity index (χ0) is 70.0. The molecule has 6 heterocycles. The van der Waals surface area contributed by atoms with Crippen molar-refractivity contribution >= 4 is 87.5 Å². The van der Waals surface area contributed by atoms with E-state index in [-0.39, 0.29) is 0 Å². The zero-order valence-electron chi connectivity index (χ0n) is 57.2. The van der Waals surface area contributed by atoms with Gasteiger partial charge in [0.25, 0.3) is 0 Å². The van der Waals surface area contributed by atoms with Crippen LogP contribution in [-0.2, 0) is 0 Å². The Morgan fingerprint density at radius 1 is 0.189 bits per heavy atom. The van der Waals surface area contributed by atoms with E-state index in [1.165, 1.54) is 43.6 Å². The zero-order valence-corrected chi connectivity index (χ0v) is 57.2. The maximum atomic E-state index is 6.58. The Hall–Kier alpha value is -14.4. The summed E-state index contributed by atoms with van der Waals surface area (Å²) >= 11 is 0. The van der Waals surface area contributed by atoms with Gasteiger partial charge < -0.3 is 18.0 Å². The quantitative estimate of drug-likeness (QED) is 0.127. The average Bonchev–Trinajstić information content (AvgIpc) is 1.59. The van der Waals surface area contributed by atoms with E-state index in [1.807, 2.05) is 97.1 Å². The molecule has 21 rings (SSSR count). The predicted octanol–water partition coefficient (Wildman–Crippen LogP) is 25.3. The Bertz CT molecular complexity index is 6800. The van der Waals surface area contributed by atoms with Crippen molar-refractivity contribution in [2.45, 2.75) is 0 Å². The predicted molar refractivity (Wildman–Crippen MR) is 434 cm³/mol. The van der Waals surface area contributed by atoms with Crippen LogP contribution in [0.3, 0.4) is 0 Å². The molecule has 0 saturated carbocycles. The summed E-state index contributed by atoms with van der Waals surface area (Å²) in [5.41, 5.74) is 24.7. The number of aromatic nitrogens is 7. The number of para-hydroxylation sites is 4. The Labute approximate surface area is 609 Å². The minimum absolute atomic E-state index is 0.631. The van der Waals surface area contributed by atoms with Crippen molar-refractivity contribution in [1.29, 1.82) is 0 Å². The lowest BCUT2D eigenvalue weighted by Gasteiger charge is -2.10. The molecule has 0 aliphatic carbocycles. The van der Waals surface area contributed by atoms with Crippen LogP contribution >= 0.6 is 0 Å². The van der Waals surface area contributed by atoms with Crippen LogP contribution in [0.4, 0.5) is 0 Å². The molecule has 106 heavy (non-hydrogen) atoms. The molecule has 15 aromatic carbocycles. The van der Waals surface area contributed by atoms with Gasteiger partial charge in [-0.2, -0.15) is 0 Å². The van der Waals surface area contributed by atoms with Gasteiger partial charge in [-0.1, -0.05) is 279 Å². The summed E-state index contributed by atoms with van der Waals surface area (Å²) < 4.78 is 17.9. The third-order valence-electron chi connectivity index (χ3n) is 20.3. The Morgan fingerprint density at radius 3 is 0.972 bits per heavy atom. The van der Waals surface area contributed by atoms with Gasteiger partial charge in [-0.3, -0.25) is 0 Å². The minimum Gasteiger partial charge on any atom is -0.456 e. The SMILES string of the molecule is c1ccc(-c2cc(-c3ccccc3)nc(-c3ccc4c(c3)oc3cccc(-c5ccc6c7ccccc7n(-c7ccccc7)c6c5)c34)n2)cc1.c1ccc(-c2nc(-c3ccccc3)nc(-c3ccc(-c4ccc5c(c4)oc4cccc(-c6ccc7c8ccccc8n(-c8ccccc8)c7c6)c45)cc3)n2)cc1. The molecule has 6 aromatic heterocycles. The fraction of sp³-hybridized carbons (Fsp3) is 0. The van der Waals surface area contributed by atoms with E-state index in [0.29, 0.717) is 23.3 Å². The normalized spacial score (nSPS) is 11.6. The van der Waals surface area contributed by atoms with Crippen LogP contribution in [0.25, 0.3) is 200 Å². The molecular weight excluding hydrogens is 1300 g/mol. The van der Waals surface area contributed by atoms with Crippen LogP contribution in [0, 0.1) is 0 Å². The van der Waals surface area contributed by atoms with Crippen molar-refractivity contribution in [1.82, 2.24) is 34.1 Å². The van der Waals surface area contributed by atoms with Crippen LogP contribution < -0.4 is 0 Å². The fourth-order valence-electron chi connectivity index (χ4n) is 15.3. The molecule has 9 nitrogen and oxygen atoms in total. The van der Waals surface area contributed by atoms with Crippen LogP contribution in [0.2, 0.25) is 0 Å². The first kappa shape index (κ1) is 61.5. The lowest BCUT2D eigenvalue weighted by atomic mass is 9.97. The number of rotatable bonds is 11. The van der Waals surface area contributed by atoms with Gasteiger partial charge in [0.2, 0.25) is 0 Å². The largest absolute Gasteiger partial charge is 0.456 e. The second-order valence-corrected chi connectivity index (χ2v) is 26.6.